The number of nitrogens with two attached hydrogens (primary N) is 1. The van der Waals surface area contributed by atoms with E-state index in [1.807, 2.05) is 0 Å². The molecule has 21 heavy (non-hydrogen) atoms. The molecule has 0 saturated heterocycles. The van der Waals surface area contributed by atoms with E-state index in [0.29, 0.717) is 10.9 Å². The monoisotopic (exact) mass is 332 g/mol. The van der Waals surface area contributed by atoms with Crippen LogP contribution in [0.2, 0.25) is 0 Å². The average Bonchev–Trinajstić information content (AvgIpc) is 2.46. The molecule has 122 valence electrons. The van der Waals surface area contributed by atoms with Crippen LogP contribution < -0.4 is 10.5 Å². The number of hydrogen-bond acceptors (Lipinski definition) is 3. The normalized spacial score (nSPS) is 23.8. The molecule has 0 aliphatic heterocycles. The van der Waals surface area contributed by atoms with Crippen LogP contribution in [-0.4, -0.2) is 25.2 Å². The third-order valence-electron chi connectivity index (χ3n) is 4.91. The Bertz CT molecular complexity index is 439. The van der Waals surface area contributed by atoms with Gasteiger partial charge in [0.1, 0.15) is 0 Å². The molecule has 0 spiro atoms. The van der Waals surface area contributed by atoms with Gasteiger partial charge in [-0.1, -0.05) is 50.7 Å². The van der Waals surface area contributed by atoms with Gasteiger partial charge in [0.15, 0.2) is 0 Å². The molecule has 2 rings (SSSR count). The molecule has 0 bridgehead atoms. The molecule has 0 heterocycles. The maximum absolute atomic E-state index is 12.4. The van der Waals surface area contributed by atoms with Crippen LogP contribution in [0.5, 0.6) is 0 Å². The van der Waals surface area contributed by atoms with E-state index in [2.05, 4.69) is 4.72 Å². The van der Waals surface area contributed by atoms with Crippen LogP contribution in [-0.2, 0) is 10.0 Å². The van der Waals surface area contributed by atoms with Crippen LogP contribution >= 0.6 is 12.2 Å². The van der Waals surface area contributed by atoms with Gasteiger partial charge in [-0.2, -0.15) is 0 Å². The van der Waals surface area contributed by atoms with Crippen molar-refractivity contribution in [3.8, 4) is 0 Å². The standard InChI is InChI=1S/C15H28N2O2S2/c16-15(20)14(13-9-5-2-6-10-13)17-21(18,19)11-12-7-3-1-4-8-12/h12-14,17H,1-11H2,(H2,16,20). The number of rotatable bonds is 6. The Kier molecular flexibility index (Phi) is 6.44. The summed E-state index contributed by atoms with van der Waals surface area (Å²) >= 11 is 5.12. The summed E-state index contributed by atoms with van der Waals surface area (Å²) in [7, 11) is -3.29. The summed E-state index contributed by atoms with van der Waals surface area (Å²) in [6.45, 7) is 0. The third kappa shape index (κ3) is 5.49. The second-order valence-corrected chi connectivity index (χ2v) is 8.95. The summed E-state index contributed by atoms with van der Waals surface area (Å²) in [6.07, 6.45) is 11.2. The van der Waals surface area contributed by atoms with Crippen molar-refractivity contribution in [2.45, 2.75) is 70.3 Å². The van der Waals surface area contributed by atoms with Gasteiger partial charge in [0, 0.05) is 0 Å². The van der Waals surface area contributed by atoms with Gasteiger partial charge in [-0.25, -0.2) is 13.1 Å². The minimum Gasteiger partial charge on any atom is -0.392 e. The molecule has 2 aliphatic carbocycles. The fourth-order valence-corrected chi connectivity index (χ4v) is 5.84. The van der Waals surface area contributed by atoms with Crippen molar-refractivity contribution in [3.63, 3.8) is 0 Å². The van der Waals surface area contributed by atoms with E-state index in [1.54, 1.807) is 0 Å². The van der Waals surface area contributed by atoms with E-state index >= 15 is 0 Å². The molecule has 0 aromatic heterocycles. The Labute approximate surface area is 134 Å². The Balaban J connectivity index is 1.95. The zero-order chi connectivity index (χ0) is 15.3. The molecule has 2 saturated carbocycles. The second-order valence-electron chi connectivity index (χ2n) is 6.68. The lowest BCUT2D eigenvalue weighted by atomic mass is 9.84. The zero-order valence-corrected chi connectivity index (χ0v) is 14.4. The molecule has 2 aliphatic rings. The van der Waals surface area contributed by atoms with Gasteiger partial charge < -0.3 is 5.73 Å². The first-order chi connectivity index (χ1) is 9.98. The lowest BCUT2D eigenvalue weighted by molar-refractivity contribution is 0.329. The van der Waals surface area contributed by atoms with Crippen LogP contribution in [0.4, 0.5) is 0 Å². The molecular formula is C15H28N2O2S2. The Morgan fingerprint density at radius 2 is 1.57 bits per heavy atom. The highest BCUT2D eigenvalue weighted by Crippen LogP contribution is 2.28. The molecular weight excluding hydrogens is 304 g/mol. The number of hydrogen-bond donors (Lipinski definition) is 2. The van der Waals surface area contributed by atoms with Gasteiger partial charge in [0.05, 0.1) is 16.8 Å². The van der Waals surface area contributed by atoms with Crippen LogP contribution in [0.25, 0.3) is 0 Å². The van der Waals surface area contributed by atoms with Gasteiger partial charge in [0.25, 0.3) is 0 Å². The molecule has 0 amide bonds. The molecule has 2 fully saturated rings. The predicted molar refractivity (Wildman–Crippen MR) is 90.6 cm³/mol. The largest absolute Gasteiger partial charge is 0.392 e. The first-order valence-corrected chi connectivity index (χ1v) is 10.3. The molecule has 3 N–H and O–H groups in total. The van der Waals surface area contributed by atoms with E-state index < -0.39 is 10.0 Å². The molecule has 0 aromatic carbocycles. The topological polar surface area (TPSA) is 72.2 Å². The second kappa shape index (κ2) is 7.88. The van der Waals surface area contributed by atoms with Crippen LogP contribution in [0.1, 0.15) is 64.2 Å². The SMILES string of the molecule is NC(=S)C(NS(=O)(=O)CC1CCCCC1)C1CCCCC1. The lowest BCUT2D eigenvalue weighted by Gasteiger charge is -2.31. The van der Waals surface area contributed by atoms with E-state index in [0.717, 1.165) is 51.4 Å². The third-order valence-corrected chi connectivity index (χ3v) is 6.69. The van der Waals surface area contributed by atoms with Crippen LogP contribution in [0.15, 0.2) is 0 Å². The predicted octanol–water partition coefficient (Wildman–Crippen LogP) is 2.72. The van der Waals surface area contributed by atoms with Crippen molar-refractivity contribution >= 4 is 27.2 Å². The maximum Gasteiger partial charge on any atom is 0.212 e. The van der Waals surface area contributed by atoms with E-state index in [9.17, 15) is 8.42 Å². The molecule has 1 unspecified atom stereocenters. The van der Waals surface area contributed by atoms with Gasteiger partial charge in [0.2, 0.25) is 10.0 Å². The minimum absolute atomic E-state index is 0.235. The van der Waals surface area contributed by atoms with Crippen molar-refractivity contribution in [3.05, 3.63) is 0 Å². The Hall–Kier alpha value is -0.200. The van der Waals surface area contributed by atoms with Gasteiger partial charge in [-0.05, 0) is 37.5 Å². The molecule has 0 aromatic rings. The highest BCUT2D eigenvalue weighted by molar-refractivity contribution is 7.89. The fraction of sp³-hybridized carbons (Fsp3) is 0.933. The average molecular weight is 333 g/mol. The first-order valence-electron chi connectivity index (χ1n) is 8.27. The van der Waals surface area contributed by atoms with Gasteiger partial charge in [-0.15, -0.1) is 0 Å². The number of nitrogens with one attached hydrogen (secondary N) is 1. The number of sulfonamides is 1. The van der Waals surface area contributed by atoms with Crippen molar-refractivity contribution in [1.82, 2.24) is 4.72 Å². The van der Waals surface area contributed by atoms with Crippen molar-refractivity contribution < 1.29 is 8.42 Å². The van der Waals surface area contributed by atoms with E-state index in [1.165, 1.54) is 12.8 Å². The Morgan fingerprint density at radius 1 is 1.05 bits per heavy atom. The van der Waals surface area contributed by atoms with Gasteiger partial charge in [-0.3, -0.25) is 0 Å². The summed E-state index contributed by atoms with van der Waals surface area (Å²) in [4.78, 5) is 0.300. The van der Waals surface area contributed by atoms with E-state index in [-0.39, 0.29) is 17.7 Å². The minimum atomic E-state index is -3.29. The van der Waals surface area contributed by atoms with E-state index in [4.69, 9.17) is 18.0 Å². The smallest absolute Gasteiger partial charge is 0.212 e. The summed E-state index contributed by atoms with van der Waals surface area (Å²) in [5.74, 6) is 0.811. The van der Waals surface area contributed by atoms with Crippen LogP contribution in [0, 0.1) is 11.8 Å². The van der Waals surface area contributed by atoms with Gasteiger partial charge >= 0.3 is 0 Å². The highest BCUT2D eigenvalue weighted by Gasteiger charge is 2.31. The molecule has 6 heteroatoms. The summed E-state index contributed by atoms with van der Waals surface area (Å²) in [5, 5.41) is 0. The van der Waals surface area contributed by atoms with Crippen molar-refractivity contribution in [1.29, 1.82) is 0 Å². The van der Waals surface area contributed by atoms with Crippen molar-refractivity contribution in [2.24, 2.45) is 17.6 Å². The van der Waals surface area contributed by atoms with Crippen LogP contribution in [0.3, 0.4) is 0 Å². The maximum atomic E-state index is 12.4. The first kappa shape index (κ1) is 17.2. The zero-order valence-electron chi connectivity index (χ0n) is 12.7. The molecule has 1 atom stereocenters. The summed E-state index contributed by atoms with van der Waals surface area (Å²) in [6, 6.07) is -0.353. The lowest BCUT2D eigenvalue weighted by Crippen LogP contribution is -2.50. The molecule has 4 nitrogen and oxygen atoms in total. The fourth-order valence-electron chi connectivity index (χ4n) is 3.76. The Morgan fingerprint density at radius 3 is 2.10 bits per heavy atom. The van der Waals surface area contributed by atoms with Crippen molar-refractivity contribution in [2.75, 3.05) is 5.75 Å². The number of thiocarbonyl (C=S) groups is 1. The molecule has 0 radical (unpaired) electrons. The quantitative estimate of drug-likeness (QED) is 0.734. The highest BCUT2D eigenvalue weighted by atomic mass is 32.2. The summed E-state index contributed by atoms with van der Waals surface area (Å²) < 4.78 is 27.7. The summed E-state index contributed by atoms with van der Waals surface area (Å²) in [5.41, 5.74) is 5.81.